The van der Waals surface area contributed by atoms with E-state index in [9.17, 15) is 0 Å². The standard InChI is InChI=1S/C28H26NOS.C12H10N.Ir/c1-28(2,3)16-17-13-14-29-23(15-17)22-9-6-8-19-20-11-12-21-18-7-4-5-10-24(18)31-27(21)26(20)30-25(19)22;1-10-7-8-12(13-9-10)11-5-3-2-4-6-11;/h6,8,11-15H,4-5,7,10,16H2,1-3H3;2-5,7-9H,1H3;/q2*-1;/i16D2;;. The molecular formula is C40H36IrN2OS-2. The van der Waals surface area contributed by atoms with Crippen LogP contribution in [0.2, 0.25) is 0 Å². The van der Waals surface area contributed by atoms with Gasteiger partial charge < -0.3 is 14.4 Å². The Morgan fingerprint density at radius 3 is 2.47 bits per heavy atom. The third kappa shape index (κ3) is 6.53. The van der Waals surface area contributed by atoms with Crippen LogP contribution in [-0.4, -0.2) is 9.97 Å². The summed E-state index contributed by atoms with van der Waals surface area (Å²) in [5.41, 5.74) is 7.98. The van der Waals surface area contributed by atoms with Gasteiger partial charge in [0.05, 0.1) is 10.3 Å². The quantitative estimate of drug-likeness (QED) is 0.168. The first kappa shape index (κ1) is 28.8. The van der Waals surface area contributed by atoms with Gasteiger partial charge in [-0.25, -0.2) is 0 Å². The number of hydrogen-bond acceptors (Lipinski definition) is 4. The van der Waals surface area contributed by atoms with Crippen molar-refractivity contribution in [2.45, 2.75) is 59.8 Å². The summed E-state index contributed by atoms with van der Waals surface area (Å²) in [7, 11) is 0. The van der Waals surface area contributed by atoms with Crippen LogP contribution in [-0.2, 0) is 39.3 Å². The van der Waals surface area contributed by atoms with E-state index in [0.29, 0.717) is 11.3 Å². The molecule has 0 N–H and O–H groups in total. The van der Waals surface area contributed by atoms with Gasteiger partial charge in [0, 0.05) is 45.5 Å². The van der Waals surface area contributed by atoms with Crippen LogP contribution >= 0.6 is 11.3 Å². The molecule has 3 aromatic carbocycles. The second-order valence-corrected chi connectivity index (χ2v) is 13.6. The number of hydrogen-bond donors (Lipinski definition) is 0. The van der Waals surface area contributed by atoms with E-state index in [2.05, 4.69) is 46.4 Å². The molecule has 229 valence electrons. The summed E-state index contributed by atoms with van der Waals surface area (Å²) in [6.07, 6.45) is 6.93. The molecule has 0 bridgehead atoms. The molecule has 0 fully saturated rings. The number of benzene rings is 3. The maximum absolute atomic E-state index is 8.69. The monoisotopic (exact) mass is 787 g/mol. The van der Waals surface area contributed by atoms with Crippen LogP contribution in [0.25, 0.3) is 54.5 Å². The van der Waals surface area contributed by atoms with Crippen LogP contribution in [0.3, 0.4) is 0 Å². The molecule has 0 spiro atoms. The molecule has 3 nitrogen and oxygen atoms in total. The fourth-order valence-corrected chi connectivity index (χ4v) is 7.34. The molecule has 4 aromatic heterocycles. The number of rotatable bonds is 3. The van der Waals surface area contributed by atoms with Crippen LogP contribution in [0.15, 0.2) is 89.6 Å². The molecule has 0 saturated heterocycles. The third-order valence-electron chi connectivity index (χ3n) is 7.96. The van der Waals surface area contributed by atoms with Crippen LogP contribution in [0.4, 0.5) is 0 Å². The van der Waals surface area contributed by atoms with Crippen molar-refractivity contribution in [3.05, 3.63) is 119 Å². The van der Waals surface area contributed by atoms with Crippen molar-refractivity contribution in [2.75, 3.05) is 0 Å². The normalized spacial score (nSPS) is 13.9. The predicted octanol–water partition coefficient (Wildman–Crippen LogP) is 11.0. The number of furan rings is 1. The van der Waals surface area contributed by atoms with Gasteiger partial charge in [-0.1, -0.05) is 67.6 Å². The molecule has 4 heterocycles. The van der Waals surface area contributed by atoms with Gasteiger partial charge in [-0.05, 0) is 78.4 Å². The van der Waals surface area contributed by atoms with Crippen molar-refractivity contribution in [2.24, 2.45) is 5.41 Å². The first-order chi connectivity index (χ1) is 22.1. The Bertz CT molecular complexity index is 2180. The number of aromatic nitrogens is 2. The second-order valence-electron chi connectivity index (χ2n) is 12.5. The van der Waals surface area contributed by atoms with Gasteiger partial charge in [-0.15, -0.1) is 65.4 Å². The Labute approximate surface area is 285 Å². The molecule has 1 aliphatic carbocycles. The van der Waals surface area contributed by atoms with E-state index in [1.807, 2.05) is 87.7 Å². The largest absolute Gasteiger partial charge is 0.499 e. The first-order valence-corrected chi connectivity index (χ1v) is 16.1. The summed E-state index contributed by atoms with van der Waals surface area (Å²) < 4.78 is 25.2. The molecule has 0 atom stereocenters. The molecule has 0 amide bonds. The number of nitrogens with zero attached hydrogens (tertiary/aromatic N) is 2. The molecule has 45 heavy (non-hydrogen) atoms. The van der Waals surface area contributed by atoms with Gasteiger partial charge in [-0.2, -0.15) is 0 Å². The minimum Gasteiger partial charge on any atom is -0.499 e. The van der Waals surface area contributed by atoms with E-state index in [1.165, 1.54) is 45.4 Å². The van der Waals surface area contributed by atoms with Gasteiger partial charge in [-0.3, -0.25) is 0 Å². The summed E-state index contributed by atoms with van der Waals surface area (Å²) >= 11 is 1.89. The molecule has 0 saturated carbocycles. The average Bonchev–Trinajstić information content (AvgIpc) is 3.64. The zero-order chi connectivity index (χ0) is 32.1. The fourth-order valence-electron chi connectivity index (χ4n) is 5.97. The van der Waals surface area contributed by atoms with Gasteiger partial charge in [0.2, 0.25) is 0 Å². The topological polar surface area (TPSA) is 38.9 Å². The minimum absolute atomic E-state index is 0. The molecule has 1 aliphatic rings. The molecular weight excluding hydrogens is 749 g/mol. The number of thiophene rings is 1. The Morgan fingerprint density at radius 2 is 1.69 bits per heavy atom. The van der Waals surface area contributed by atoms with Crippen molar-refractivity contribution >= 4 is 43.4 Å². The summed E-state index contributed by atoms with van der Waals surface area (Å²) in [6.45, 7) is 7.80. The zero-order valence-electron chi connectivity index (χ0n) is 28.0. The van der Waals surface area contributed by atoms with Gasteiger partial charge in [0.25, 0.3) is 0 Å². The van der Waals surface area contributed by atoms with E-state index < -0.39 is 11.8 Å². The number of fused-ring (bicyclic) bond motifs is 7. The predicted molar refractivity (Wildman–Crippen MR) is 184 cm³/mol. The van der Waals surface area contributed by atoms with Crippen LogP contribution in [0.5, 0.6) is 0 Å². The minimum atomic E-state index is -1.49. The molecule has 8 rings (SSSR count). The molecule has 7 aromatic rings. The molecule has 0 aliphatic heterocycles. The summed E-state index contributed by atoms with van der Waals surface area (Å²) in [5.74, 6) is 0. The van der Waals surface area contributed by atoms with E-state index in [1.54, 1.807) is 12.3 Å². The SMILES string of the molecule is Cc1ccc(-c2[c-]cccc2)nc1.[2H]C([2H])(c1ccnc(-c2[c-]ccc3c2oc2c3ccc3c4c(sc32)CCCC4)c1)C(C)(C)C.[Ir]. The summed E-state index contributed by atoms with van der Waals surface area (Å²) in [4.78, 5) is 10.4. The maximum Gasteiger partial charge on any atom is 0.138 e. The van der Waals surface area contributed by atoms with Crippen molar-refractivity contribution < 1.29 is 27.3 Å². The first-order valence-electron chi connectivity index (χ1n) is 16.3. The molecule has 5 heteroatoms. The van der Waals surface area contributed by atoms with Crippen molar-refractivity contribution in [3.8, 4) is 22.5 Å². The van der Waals surface area contributed by atoms with Crippen LogP contribution in [0, 0.1) is 24.5 Å². The van der Waals surface area contributed by atoms with E-state index in [4.69, 9.17) is 7.16 Å². The van der Waals surface area contributed by atoms with E-state index in [0.717, 1.165) is 45.2 Å². The summed E-state index contributed by atoms with van der Waals surface area (Å²) in [5, 5.41) is 3.51. The number of aryl methyl sites for hydroxylation is 3. The van der Waals surface area contributed by atoms with Gasteiger partial charge in [0.1, 0.15) is 5.58 Å². The number of pyridine rings is 2. The zero-order valence-corrected chi connectivity index (χ0v) is 29.2. The van der Waals surface area contributed by atoms with E-state index >= 15 is 0 Å². The fraction of sp³-hybridized carbons (Fsp3) is 0.250. The van der Waals surface area contributed by atoms with Crippen molar-refractivity contribution in [1.29, 1.82) is 0 Å². The van der Waals surface area contributed by atoms with Gasteiger partial charge >= 0.3 is 0 Å². The second kappa shape index (κ2) is 13.0. The van der Waals surface area contributed by atoms with Gasteiger partial charge in [0.15, 0.2) is 0 Å². The van der Waals surface area contributed by atoms with Crippen molar-refractivity contribution in [3.63, 3.8) is 0 Å². The van der Waals surface area contributed by atoms with Crippen LogP contribution in [0.1, 0.15) is 57.9 Å². The molecule has 1 radical (unpaired) electrons. The Hall–Kier alpha value is -3.63. The average molecular weight is 787 g/mol. The third-order valence-corrected chi connectivity index (χ3v) is 9.26. The Kier molecular flexibility index (Phi) is 8.33. The van der Waals surface area contributed by atoms with Crippen LogP contribution < -0.4 is 0 Å². The summed E-state index contributed by atoms with van der Waals surface area (Å²) in [6, 6.07) is 30.5. The van der Waals surface area contributed by atoms with E-state index in [-0.39, 0.29) is 20.1 Å². The van der Waals surface area contributed by atoms with Crippen molar-refractivity contribution in [1.82, 2.24) is 9.97 Å². The Balaban J connectivity index is 0.000000232. The Morgan fingerprint density at radius 1 is 0.867 bits per heavy atom. The molecule has 0 unspecified atom stereocenters. The smallest absolute Gasteiger partial charge is 0.138 e. The maximum atomic E-state index is 8.69.